The number of carbonyl (C=O) groups is 1. The number of carbonyl (C=O) groups excluding carboxylic acids is 1. The van der Waals surface area contributed by atoms with Crippen molar-refractivity contribution >= 4 is 45.9 Å². The zero-order chi connectivity index (χ0) is 19.2. The molecule has 0 saturated heterocycles. The second-order valence-electron chi connectivity index (χ2n) is 5.68. The van der Waals surface area contributed by atoms with Crippen LogP contribution in [-0.4, -0.2) is 23.6 Å². The highest BCUT2D eigenvalue weighted by atomic mass is 35.5. The van der Waals surface area contributed by atoms with Crippen LogP contribution in [0.15, 0.2) is 65.8 Å². The Bertz CT molecular complexity index is 1040. The number of nitro benzene ring substituents is 1. The Morgan fingerprint density at radius 3 is 2.67 bits per heavy atom. The minimum Gasteiger partial charge on any atom is -0.376 e. The summed E-state index contributed by atoms with van der Waals surface area (Å²) < 4.78 is 0. The molecule has 7 nitrogen and oxygen atoms in total. The normalized spacial score (nSPS) is 10.9. The molecule has 0 saturated carbocycles. The summed E-state index contributed by atoms with van der Waals surface area (Å²) >= 11 is 5.75. The number of hydrazone groups is 1. The molecule has 3 aromatic carbocycles. The van der Waals surface area contributed by atoms with E-state index in [4.69, 9.17) is 11.6 Å². The molecular weight excluding hydrogens is 368 g/mol. The average Bonchev–Trinajstić information content (AvgIpc) is 2.67. The molecule has 3 aromatic rings. The fourth-order valence-corrected chi connectivity index (χ4v) is 2.64. The summed E-state index contributed by atoms with van der Waals surface area (Å²) in [5, 5.41) is 19.9. The molecule has 8 heteroatoms. The van der Waals surface area contributed by atoms with Crippen molar-refractivity contribution in [3.8, 4) is 0 Å². The van der Waals surface area contributed by atoms with Crippen molar-refractivity contribution < 1.29 is 9.72 Å². The molecule has 0 atom stereocenters. The zero-order valence-corrected chi connectivity index (χ0v) is 14.8. The molecule has 1 amide bonds. The third-order valence-corrected chi connectivity index (χ3v) is 4.09. The Balaban J connectivity index is 1.55. The van der Waals surface area contributed by atoms with E-state index in [9.17, 15) is 14.9 Å². The molecule has 0 radical (unpaired) electrons. The molecule has 0 aliphatic rings. The molecule has 2 N–H and O–H groups in total. The molecule has 0 bridgehead atoms. The lowest BCUT2D eigenvalue weighted by Crippen LogP contribution is -2.25. The third kappa shape index (κ3) is 4.80. The van der Waals surface area contributed by atoms with Gasteiger partial charge in [-0.3, -0.25) is 14.9 Å². The van der Waals surface area contributed by atoms with Gasteiger partial charge in [0.1, 0.15) is 5.02 Å². The number of hydrogen-bond acceptors (Lipinski definition) is 5. The van der Waals surface area contributed by atoms with Gasteiger partial charge in [-0.2, -0.15) is 5.10 Å². The molecule has 136 valence electrons. The fourth-order valence-electron chi connectivity index (χ4n) is 2.45. The number of nitrogens with zero attached hydrogens (tertiary/aromatic N) is 2. The van der Waals surface area contributed by atoms with E-state index in [1.54, 1.807) is 6.07 Å². The quantitative estimate of drug-likeness (QED) is 0.383. The Kier molecular flexibility index (Phi) is 5.63. The fraction of sp³-hybridized carbons (Fsp3) is 0.0526. The SMILES string of the molecule is O=C(CNc1ccc2ccccc2c1)N/N=C/c1ccc(Cl)c([N+](=O)[O-])c1. The second kappa shape index (κ2) is 8.29. The zero-order valence-electron chi connectivity index (χ0n) is 14.1. The second-order valence-corrected chi connectivity index (χ2v) is 6.08. The van der Waals surface area contributed by atoms with E-state index in [0.717, 1.165) is 16.5 Å². The minimum absolute atomic E-state index is 0.0381. The third-order valence-electron chi connectivity index (χ3n) is 3.77. The Morgan fingerprint density at radius 2 is 1.89 bits per heavy atom. The van der Waals surface area contributed by atoms with Gasteiger partial charge in [0, 0.05) is 17.3 Å². The van der Waals surface area contributed by atoms with Gasteiger partial charge in [0.05, 0.1) is 17.7 Å². The monoisotopic (exact) mass is 382 g/mol. The highest BCUT2D eigenvalue weighted by Crippen LogP contribution is 2.24. The highest BCUT2D eigenvalue weighted by Gasteiger charge is 2.11. The van der Waals surface area contributed by atoms with E-state index in [0.29, 0.717) is 5.56 Å². The molecule has 3 rings (SSSR count). The molecule has 0 heterocycles. The van der Waals surface area contributed by atoms with Crippen molar-refractivity contribution in [2.75, 3.05) is 11.9 Å². The van der Waals surface area contributed by atoms with Gasteiger partial charge in [-0.1, -0.05) is 48.0 Å². The lowest BCUT2D eigenvalue weighted by atomic mass is 10.1. The first-order valence-electron chi connectivity index (χ1n) is 8.01. The predicted molar refractivity (Wildman–Crippen MR) is 106 cm³/mol. The molecular formula is C19H15ClN4O3. The molecule has 0 spiro atoms. The van der Waals surface area contributed by atoms with Crippen LogP contribution >= 0.6 is 11.6 Å². The van der Waals surface area contributed by atoms with Crippen molar-refractivity contribution in [3.05, 3.63) is 81.4 Å². The maximum atomic E-state index is 11.9. The van der Waals surface area contributed by atoms with Gasteiger partial charge in [0.2, 0.25) is 0 Å². The minimum atomic E-state index is -0.578. The van der Waals surface area contributed by atoms with E-state index in [2.05, 4.69) is 15.8 Å². The van der Waals surface area contributed by atoms with Crippen molar-refractivity contribution in [3.63, 3.8) is 0 Å². The summed E-state index contributed by atoms with van der Waals surface area (Å²) in [6, 6.07) is 18.0. The van der Waals surface area contributed by atoms with Crippen LogP contribution in [0.1, 0.15) is 5.56 Å². The summed E-state index contributed by atoms with van der Waals surface area (Å²) in [7, 11) is 0. The van der Waals surface area contributed by atoms with Crippen LogP contribution in [0.4, 0.5) is 11.4 Å². The number of fused-ring (bicyclic) bond motifs is 1. The summed E-state index contributed by atoms with van der Waals surface area (Å²) in [6.45, 7) is 0.0381. The van der Waals surface area contributed by atoms with E-state index in [1.165, 1.54) is 18.3 Å². The lowest BCUT2D eigenvalue weighted by Gasteiger charge is -2.06. The summed E-state index contributed by atoms with van der Waals surface area (Å²) in [5.74, 6) is -0.345. The number of nitro groups is 1. The van der Waals surface area contributed by atoms with Crippen LogP contribution in [0.2, 0.25) is 5.02 Å². The van der Waals surface area contributed by atoms with Crippen LogP contribution in [0.25, 0.3) is 10.8 Å². The van der Waals surface area contributed by atoms with Gasteiger partial charge < -0.3 is 5.32 Å². The van der Waals surface area contributed by atoms with Crippen LogP contribution in [0.3, 0.4) is 0 Å². The smallest absolute Gasteiger partial charge is 0.288 e. The summed E-state index contributed by atoms with van der Waals surface area (Å²) in [5.41, 5.74) is 3.42. The van der Waals surface area contributed by atoms with Gasteiger partial charge in [0.25, 0.3) is 11.6 Å². The van der Waals surface area contributed by atoms with Gasteiger partial charge in [-0.25, -0.2) is 5.43 Å². The largest absolute Gasteiger partial charge is 0.376 e. The molecule has 0 unspecified atom stereocenters. The maximum absolute atomic E-state index is 11.9. The van der Waals surface area contributed by atoms with E-state index in [1.807, 2.05) is 42.5 Å². The van der Waals surface area contributed by atoms with E-state index in [-0.39, 0.29) is 23.2 Å². The number of halogens is 1. The number of nitrogens with one attached hydrogen (secondary N) is 2. The van der Waals surface area contributed by atoms with Crippen molar-refractivity contribution in [2.24, 2.45) is 5.10 Å². The summed E-state index contributed by atoms with van der Waals surface area (Å²) in [6.07, 6.45) is 1.32. The first kappa shape index (κ1) is 18.3. The first-order chi connectivity index (χ1) is 13.0. The molecule has 27 heavy (non-hydrogen) atoms. The van der Waals surface area contributed by atoms with Crippen molar-refractivity contribution in [1.29, 1.82) is 0 Å². The van der Waals surface area contributed by atoms with Crippen LogP contribution < -0.4 is 10.7 Å². The summed E-state index contributed by atoms with van der Waals surface area (Å²) in [4.78, 5) is 22.2. The van der Waals surface area contributed by atoms with Gasteiger partial charge in [-0.05, 0) is 29.0 Å². The standard InChI is InChI=1S/C19H15ClN4O3/c20-17-8-5-13(9-18(17)24(26)27)11-22-23-19(25)12-21-16-7-6-14-3-1-2-4-15(14)10-16/h1-11,21H,12H2,(H,23,25)/b22-11+. The van der Waals surface area contributed by atoms with Crippen LogP contribution in [0, 0.1) is 10.1 Å². The van der Waals surface area contributed by atoms with Crippen molar-refractivity contribution in [1.82, 2.24) is 5.43 Å². The number of hydrogen-bond donors (Lipinski definition) is 2. The number of anilines is 1. The maximum Gasteiger partial charge on any atom is 0.288 e. The Morgan fingerprint density at radius 1 is 1.11 bits per heavy atom. The van der Waals surface area contributed by atoms with Gasteiger partial charge in [-0.15, -0.1) is 0 Å². The highest BCUT2D eigenvalue weighted by molar-refractivity contribution is 6.32. The topological polar surface area (TPSA) is 96.6 Å². The van der Waals surface area contributed by atoms with Crippen molar-refractivity contribution in [2.45, 2.75) is 0 Å². The first-order valence-corrected chi connectivity index (χ1v) is 8.39. The van der Waals surface area contributed by atoms with Crippen LogP contribution in [0.5, 0.6) is 0 Å². The lowest BCUT2D eigenvalue weighted by molar-refractivity contribution is -0.384. The van der Waals surface area contributed by atoms with Crippen LogP contribution in [-0.2, 0) is 4.79 Å². The molecule has 0 aromatic heterocycles. The van der Waals surface area contributed by atoms with E-state index >= 15 is 0 Å². The number of amides is 1. The number of benzene rings is 3. The molecule has 0 aliphatic carbocycles. The average molecular weight is 383 g/mol. The Labute approximate surface area is 159 Å². The van der Waals surface area contributed by atoms with E-state index < -0.39 is 4.92 Å². The number of rotatable bonds is 6. The predicted octanol–water partition coefficient (Wildman–Crippen LogP) is 3.96. The van der Waals surface area contributed by atoms with Gasteiger partial charge in [0.15, 0.2) is 0 Å². The molecule has 0 fully saturated rings. The Hall–Kier alpha value is -3.45. The van der Waals surface area contributed by atoms with Gasteiger partial charge >= 0.3 is 0 Å². The molecule has 0 aliphatic heterocycles.